The molecular weight excluding hydrogens is 514 g/mol. The van der Waals surface area contributed by atoms with Crippen molar-refractivity contribution in [3.8, 4) is 5.75 Å². The smallest absolute Gasteiger partial charge is 0.264 e. The number of anilines is 1. The fourth-order valence-electron chi connectivity index (χ4n) is 4.31. The normalized spacial score (nSPS) is 11.9. The number of hydrogen-bond acceptors (Lipinski definition) is 5. The average Bonchev–Trinajstić information content (AvgIpc) is 2.95. The summed E-state index contributed by atoms with van der Waals surface area (Å²) in [6.07, 6.45) is 0.915. The van der Waals surface area contributed by atoms with E-state index >= 15 is 0 Å². The molecule has 1 N–H and O–H groups in total. The third-order valence-corrected chi connectivity index (χ3v) is 8.05. The molecule has 39 heavy (non-hydrogen) atoms. The second-order valence-corrected chi connectivity index (χ2v) is 10.8. The number of nitrogens with one attached hydrogen (secondary N) is 1. The molecular formula is C30H37N3O5S. The van der Waals surface area contributed by atoms with E-state index in [0.717, 1.165) is 9.87 Å². The molecule has 0 saturated heterocycles. The summed E-state index contributed by atoms with van der Waals surface area (Å²) < 4.78 is 34.2. The van der Waals surface area contributed by atoms with Crippen LogP contribution in [0.3, 0.4) is 0 Å². The molecule has 2 amide bonds. The fourth-order valence-corrected chi connectivity index (χ4v) is 5.75. The zero-order valence-electron chi connectivity index (χ0n) is 22.7. The number of carbonyl (C=O) groups excluding carboxylic acids is 2. The Labute approximate surface area is 231 Å². The minimum atomic E-state index is -4.09. The van der Waals surface area contributed by atoms with Gasteiger partial charge in [-0.3, -0.25) is 13.9 Å². The predicted molar refractivity (Wildman–Crippen MR) is 153 cm³/mol. The third kappa shape index (κ3) is 7.83. The first-order valence-corrected chi connectivity index (χ1v) is 14.7. The van der Waals surface area contributed by atoms with Gasteiger partial charge in [0.1, 0.15) is 18.3 Å². The first kappa shape index (κ1) is 29.7. The third-order valence-electron chi connectivity index (χ3n) is 6.27. The summed E-state index contributed by atoms with van der Waals surface area (Å²) in [5, 5.41) is 2.81. The van der Waals surface area contributed by atoms with Crippen LogP contribution < -0.4 is 14.4 Å². The van der Waals surface area contributed by atoms with Crippen LogP contribution in [0.25, 0.3) is 0 Å². The molecule has 0 bridgehead atoms. The Bertz CT molecular complexity index is 1300. The minimum Gasteiger partial charge on any atom is -0.494 e. The van der Waals surface area contributed by atoms with Gasteiger partial charge in [-0.25, -0.2) is 8.42 Å². The highest BCUT2D eigenvalue weighted by Gasteiger charge is 2.33. The van der Waals surface area contributed by atoms with E-state index < -0.39 is 28.5 Å². The van der Waals surface area contributed by atoms with Gasteiger partial charge in [0.05, 0.1) is 17.2 Å². The monoisotopic (exact) mass is 551 g/mol. The van der Waals surface area contributed by atoms with E-state index in [4.69, 9.17) is 4.74 Å². The molecule has 0 heterocycles. The van der Waals surface area contributed by atoms with Gasteiger partial charge in [-0.2, -0.15) is 0 Å². The number of sulfonamides is 1. The number of hydrogen-bond donors (Lipinski definition) is 1. The number of rotatable bonds is 14. The molecule has 0 radical (unpaired) electrons. The summed E-state index contributed by atoms with van der Waals surface area (Å²) in [5.74, 6) is -0.131. The predicted octanol–water partition coefficient (Wildman–Crippen LogP) is 4.27. The largest absolute Gasteiger partial charge is 0.494 e. The van der Waals surface area contributed by atoms with Crippen LogP contribution in [0, 0.1) is 0 Å². The molecule has 0 aliphatic heterocycles. The molecule has 8 nitrogen and oxygen atoms in total. The maximum absolute atomic E-state index is 13.9. The lowest BCUT2D eigenvalue weighted by atomic mass is 10.1. The number of nitrogens with zero attached hydrogens (tertiary/aromatic N) is 2. The Balaban J connectivity index is 1.99. The zero-order valence-corrected chi connectivity index (χ0v) is 23.6. The van der Waals surface area contributed by atoms with Crippen LogP contribution in [0.15, 0.2) is 89.8 Å². The van der Waals surface area contributed by atoms with Crippen LogP contribution in [0.5, 0.6) is 5.75 Å². The summed E-state index contributed by atoms with van der Waals surface area (Å²) in [5.41, 5.74) is 1.34. The first-order valence-electron chi connectivity index (χ1n) is 13.2. The number of benzene rings is 3. The lowest BCUT2D eigenvalue weighted by molar-refractivity contribution is -0.139. The van der Waals surface area contributed by atoms with Gasteiger partial charge < -0.3 is 15.0 Å². The molecule has 1 unspecified atom stereocenters. The fraction of sp³-hybridized carbons (Fsp3) is 0.333. The molecule has 0 aliphatic rings. The molecule has 3 rings (SSSR count). The molecule has 3 aromatic carbocycles. The van der Waals surface area contributed by atoms with Crippen molar-refractivity contribution in [3.63, 3.8) is 0 Å². The van der Waals surface area contributed by atoms with Crippen molar-refractivity contribution in [3.05, 3.63) is 90.5 Å². The van der Waals surface area contributed by atoms with Gasteiger partial charge in [0.2, 0.25) is 11.8 Å². The first-order chi connectivity index (χ1) is 18.8. The minimum absolute atomic E-state index is 0.0679. The highest BCUT2D eigenvalue weighted by atomic mass is 32.2. The Morgan fingerprint density at radius 3 is 2.05 bits per heavy atom. The maximum atomic E-state index is 13.9. The molecule has 9 heteroatoms. The van der Waals surface area contributed by atoms with E-state index in [9.17, 15) is 18.0 Å². The number of ether oxygens (including phenoxy) is 1. The Morgan fingerprint density at radius 2 is 1.49 bits per heavy atom. The van der Waals surface area contributed by atoms with Gasteiger partial charge in [-0.15, -0.1) is 0 Å². The van der Waals surface area contributed by atoms with Crippen LogP contribution in [-0.4, -0.2) is 57.4 Å². The topological polar surface area (TPSA) is 96.0 Å². The number of amides is 2. The van der Waals surface area contributed by atoms with E-state index in [1.807, 2.05) is 51.1 Å². The summed E-state index contributed by atoms with van der Waals surface area (Å²) in [7, 11) is -4.09. The lowest BCUT2D eigenvalue weighted by Gasteiger charge is -2.33. The van der Waals surface area contributed by atoms with Crippen LogP contribution in [0.1, 0.15) is 32.8 Å². The quantitative estimate of drug-likeness (QED) is 0.323. The summed E-state index contributed by atoms with van der Waals surface area (Å²) >= 11 is 0. The van der Waals surface area contributed by atoms with Crippen molar-refractivity contribution in [2.24, 2.45) is 0 Å². The Morgan fingerprint density at radius 1 is 0.872 bits per heavy atom. The van der Waals surface area contributed by atoms with E-state index in [1.165, 1.54) is 17.0 Å². The van der Waals surface area contributed by atoms with E-state index in [-0.39, 0.29) is 17.3 Å². The van der Waals surface area contributed by atoms with Crippen molar-refractivity contribution < 1.29 is 22.7 Å². The molecule has 1 atom stereocenters. The molecule has 208 valence electrons. The molecule has 3 aromatic rings. The van der Waals surface area contributed by atoms with Crippen LogP contribution in [0.4, 0.5) is 5.69 Å². The number of likely N-dealkylation sites (N-methyl/N-ethyl adjacent to an activating group) is 1. The maximum Gasteiger partial charge on any atom is 0.264 e. The molecule has 0 fully saturated rings. The van der Waals surface area contributed by atoms with Crippen molar-refractivity contribution in [2.45, 2.75) is 44.6 Å². The molecule has 0 aromatic heterocycles. The highest BCUT2D eigenvalue weighted by Crippen LogP contribution is 2.26. The average molecular weight is 552 g/mol. The van der Waals surface area contributed by atoms with Gasteiger partial charge >= 0.3 is 0 Å². The second-order valence-electron chi connectivity index (χ2n) is 8.89. The van der Waals surface area contributed by atoms with Gasteiger partial charge in [-0.05, 0) is 68.7 Å². The van der Waals surface area contributed by atoms with Crippen LogP contribution >= 0.6 is 0 Å². The standard InChI is InChI=1S/C30H37N3O5S/c1-4-28(30(35)31-5-2)32(22-21-24-13-9-7-10-14-24)29(34)23-33(25-17-19-26(20-18-25)38-6-3)39(36,37)27-15-11-8-12-16-27/h7-20,28H,4-6,21-23H2,1-3H3,(H,31,35). The van der Waals surface area contributed by atoms with Gasteiger partial charge in [0.25, 0.3) is 10.0 Å². The van der Waals surface area contributed by atoms with Crippen molar-refractivity contribution in [1.29, 1.82) is 0 Å². The van der Waals surface area contributed by atoms with Crippen LogP contribution in [0.2, 0.25) is 0 Å². The molecule has 0 aliphatic carbocycles. The Kier molecular flexibility index (Phi) is 10.9. The van der Waals surface area contributed by atoms with E-state index in [2.05, 4.69) is 5.32 Å². The van der Waals surface area contributed by atoms with Gasteiger partial charge in [0.15, 0.2) is 0 Å². The SMILES string of the molecule is CCNC(=O)C(CC)N(CCc1ccccc1)C(=O)CN(c1ccc(OCC)cc1)S(=O)(=O)c1ccccc1. The number of carbonyl (C=O) groups is 2. The van der Waals surface area contributed by atoms with Gasteiger partial charge in [0, 0.05) is 13.1 Å². The summed E-state index contributed by atoms with van der Waals surface area (Å²) in [6.45, 7) is 6.22. The molecule has 0 saturated carbocycles. The molecule has 0 spiro atoms. The highest BCUT2D eigenvalue weighted by molar-refractivity contribution is 7.92. The van der Waals surface area contributed by atoms with Crippen molar-refractivity contribution >= 4 is 27.5 Å². The second kappa shape index (κ2) is 14.3. The zero-order chi connectivity index (χ0) is 28.3. The van der Waals surface area contributed by atoms with Crippen LogP contribution in [-0.2, 0) is 26.0 Å². The van der Waals surface area contributed by atoms with E-state index in [1.54, 1.807) is 42.5 Å². The van der Waals surface area contributed by atoms with E-state index in [0.29, 0.717) is 37.4 Å². The van der Waals surface area contributed by atoms with Gasteiger partial charge in [-0.1, -0.05) is 55.5 Å². The lowest BCUT2D eigenvalue weighted by Crippen LogP contribution is -2.53. The van der Waals surface area contributed by atoms with Crippen molar-refractivity contribution in [1.82, 2.24) is 10.2 Å². The summed E-state index contributed by atoms with van der Waals surface area (Å²) in [4.78, 5) is 28.4. The Hall–Kier alpha value is -3.85. The summed E-state index contributed by atoms with van der Waals surface area (Å²) in [6, 6.07) is 23.5. The van der Waals surface area contributed by atoms with Crippen molar-refractivity contribution in [2.75, 3.05) is 30.5 Å².